The number of hydrogen-bond donors (Lipinski definition) is 0. The molecule has 21 heavy (non-hydrogen) atoms. The Balaban J connectivity index is 1.65. The van der Waals surface area contributed by atoms with Gasteiger partial charge in [0.2, 0.25) is 0 Å². The van der Waals surface area contributed by atoms with Crippen LogP contribution in [0.4, 0.5) is 0 Å². The Labute approximate surface area is 133 Å². The molecule has 0 aromatic heterocycles. The maximum Gasteiger partial charge on any atom is -0.0206 e. The highest BCUT2D eigenvalue weighted by atomic mass is 14.3. The summed E-state index contributed by atoms with van der Waals surface area (Å²) in [5, 5.41) is 0. The molecule has 2 saturated carbocycles. The lowest BCUT2D eigenvalue weighted by Gasteiger charge is -2.29. The van der Waals surface area contributed by atoms with E-state index in [9.17, 15) is 0 Å². The molecule has 0 amide bonds. The molecule has 0 radical (unpaired) electrons. The maximum atomic E-state index is 2.60. The third-order valence-corrected chi connectivity index (χ3v) is 6.36. The molecule has 2 rings (SSSR count). The fourth-order valence-corrected chi connectivity index (χ4v) is 4.65. The molecule has 0 saturated heterocycles. The van der Waals surface area contributed by atoms with Crippen LogP contribution in [0.3, 0.4) is 0 Å². The summed E-state index contributed by atoms with van der Waals surface area (Å²) in [4.78, 5) is 0. The van der Waals surface area contributed by atoms with Crippen molar-refractivity contribution in [2.45, 2.75) is 97.8 Å². The van der Waals surface area contributed by atoms with E-state index in [-0.39, 0.29) is 0 Å². The van der Waals surface area contributed by atoms with E-state index >= 15 is 0 Å². The summed E-state index contributed by atoms with van der Waals surface area (Å²) in [6, 6.07) is 0. The fraction of sp³-hybridized carbons (Fsp3) is 0.905. The number of rotatable bonds is 6. The van der Waals surface area contributed by atoms with Gasteiger partial charge in [-0.2, -0.15) is 0 Å². The molecule has 2 aliphatic carbocycles. The van der Waals surface area contributed by atoms with Crippen molar-refractivity contribution in [2.24, 2.45) is 23.7 Å². The second-order valence-electron chi connectivity index (χ2n) is 8.16. The van der Waals surface area contributed by atoms with Gasteiger partial charge in [0.15, 0.2) is 0 Å². The zero-order valence-electron chi connectivity index (χ0n) is 14.9. The van der Waals surface area contributed by atoms with Crippen LogP contribution in [-0.4, -0.2) is 0 Å². The molecule has 122 valence electrons. The molecule has 0 bridgehead atoms. The molecule has 0 unspecified atom stereocenters. The predicted molar refractivity (Wildman–Crippen MR) is 94.5 cm³/mol. The first-order valence-corrected chi connectivity index (χ1v) is 9.85. The second-order valence-corrected chi connectivity index (χ2v) is 8.16. The molecule has 0 heteroatoms. The van der Waals surface area contributed by atoms with E-state index < -0.39 is 0 Å². The van der Waals surface area contributed by atoms with Crippen LogP contribution in [0.2, 0.25) is 0 Å². The topological polar surface area (TPSA) is 0 Å². The van der Waals surface area contributed by atoms with Gasteiger partial charge in [-0.05, 0) is 69.1 Å². The Morgan fingerprint density at radius 2 is 1.43 bits per heavy atom. The van der Waals surface area contributed by atoms with Gasteiger partial charge < -0.3 is 0 Å². The van der Waals surface area contributed by atoms with E-state index in [0.29, 0.717) is 0 Å². The van der Waals surface area contributed by atoms with Crippen molar-refractivity contribution in [1.82, 2.24) is 0 Å². The first kappa shape index (κ1) is 17.1. The quantitative estimate of drug-likeness (QED) is 0.456. The largest absolute Gasteiger partial charge is 0.0853 e. The van der Waals surface area contributed by atoms with Crippen LogP contribution in [-0.2, 0) is 0 Å². The minimum absolute atomic E-state index is 0.921. The van der Waals surface area contributed by atoms with Crippen LogP contribution in [0.5, 0.6) is 0 Å². The maximum absolute atomic E-state index is 2.60. The van der Waals surface area contributed by atoms with Gasteiger partial charge in [0.05, 0.1) is 0 Å². The second kappa shape index (κ2) is 9.01. The average molecular weight is 291 g/mol. The highest BCUT2D eigenvalue weighted by molar-refractivity contribution is 5.04. The third-order valence-electron chi connectivity index (χ3n) is 6.36. The van der Waals surface area contributed by atoms with Crippen molar-refractivity contribution in [2.75, 3.05) is 0 Å². The SMILES string of the molecule is CCCC1CCC(/C(C)=C\CCC2CCC(C)CC2)CC1. The Hall–Kier alpha value is -0.260. The van der Waals surface area contributed by atoms with Crippen LogP contribution in [0.25, 0.3) is 0 Å². The van der Waals surface area contributed by atoms with Gasteiger partial charge in [0.1, 0.15) is 0 Å². The lowest BCUT2D eigenvalue weighted by atomic mass is 9.77. The van der Waals surface area contributed by atoms with E-state index in [1.807, 2.05) is 0 Å². The first-order chi connectivity index (χ1) is 10.2. The van der Waals surface area contributed by atoms with Gasteiger partial charge in [0.25, 0.3) is 0 Å². The molecule has 2 aliphatic rings. The van der Waals surface area contributed by atoms with Gasteiger partial charge >= 0.3 is 0 Å². The predicted octanol–water partition coefficient (Wildman–Crippen LogP) is 7.15. The summed E-state index contributed by atoms with van der Waals surface area (Å²) < 4.78 is 0. The van der Waals surface area contributed by atoms with Crippen molar-refractivity contribution in [1.29, 1.82) is 0 Å². The zero-order chi connectivity index (χ0) is 15.1. The summed E-state index contributed by atoms with van der Waals surface area (Å²) in [6.07, 6.45) is 20.1. The van der Waals surface area contributed by atoms with Crippen LogP contribution >= 0.6 is 0 Å². The lowest BCUT2D eigenvalue weighted by molar-refractivity contribution is 0.276. The van der Waals surface area contributed by atoms with Crippen LogP contribution in [0.1, 0.15) is 97.8 Å². The van der Waals surface area contributed by atoms with Crippen molar-refractivity contribution >= 4 is 0 Å². The summed E-state index contributed by atoms with van der Waals surface area (Å²) in [7, 11) is 0. The Morgan fingerprint density at radius 3 is 2.05 bits per heavy atom. The van der Waals surface area contributed by atoms with Crippen molar-refractivity contribution in [3.05, 3.63) is 11.6 Å². The minimum Gasteiger partial charge on any atom is -0.0853 e. The van der Waals surface area contributed by atoms with Crippen LogP contribution < -0.4 is 0 Å². The molecule has 0 aromatic rings. The normalized spacial score (nSPS) is 34.9. The molecule has 0 nitrogen and oxygen atoms in total. The third kappa shape index (κ3) is 5.80. The molecule has 0 aromatic carbocycles. The molecule has 2 fully saturated rings. The monoisotopic (exact) mass is 290 g/mol. The summed E-state index contributed by atoms with van der Waals surface area (Å²) in [5.74, 6) is 4.00. The Bertz CT molecular complexity index is 298. The van der Waals surface area contributed by atoms with Crippen molar-refractivity contribution in [3.63, 3.8) is 0 Å². The summed E-state index contributed by atoms with van der Waals surface area (Å²) >= 11 is 0. The van der Waals surface area contributed by atoms with Gasteiger partial charge in [-0.1, -0.05) is 64.0 Å². The first-order valence-electron chi connectivity index (χ1n) is 9.85. The van der Waals surface area contributed by atoms with E-state index in [1.165, 1.54) is 77.0 Å². The van der Waals surface area contributed by atoms with Gasteiger partial charge in [-0.15, -0.1) is 0 Å². The highest BCUT2D eigenvalue weighted by Gasteiger charge is 2.21. The molecule has 0 N–H and O–H groups in total. The van der Waals surface area contributed by atoms with Crippen LogP contribution in [0, 0.1) is 23.7 Å². The molecule has 0 heterocycles. The number of allylic oxidation sites excluding steroid dienone is 2. The standard InChI is InChI=1S/C21H38/c1-4-6-19-13-15-21(16-14-19)18(3)7-5-8-20-11-9-17(2)10-12-20/h7,17,19-21H,4-6,8-16H2,1-3H3/b18-7-. The Kier molecular flexibility index (Phi) is 7.34. The smallest absolute Gasteiger partial charge is 0.0206 e. The Morgan fingerprint density at radius 1 is 0.857 bits per heavy atom. The molecule has 0 atom stereocenters. The van der Waals surface area contributed by atoms with E-state index in [1.54, 1.807) is 5.57 Å². The fourth-order valence-electron chi connectivity index (χ4n) is 4.65. The van der Waals surface area contributed by atoms with E-state index in [4.69, 9.17) is 0 Å². The zero-order valence-corrected chi connectivity index (χ0v) is 14.9. The summed E-state index contributed by atoms with van der Waals surface area (Å²) in [5.41, 5.74) is 1.72. The van der Waals surface area contributed by atoms with Crippen molar-refractivity contribution in [3.8, 4) is 0 Å². The lowest BCUT2D eigenvalue weighted by Crippen LogP contribution is -2.15. The molecular weight excluding hydrogens is 252 g/mol. The molecule has 0 spiro atoms. The molecule has 0 aliphatic heterocycles. The van der Waals surface area contributed by atoms with E-state index in [2.05, 4.69) is 26.8 Å². The minimum atomic E-state index is 0.921. The van der Waals surface area contributed by atoms with E-state index in [0.717, 1.165) is 23.7 Å². The van der Waals surface area contributed by atoms with Gasteiger partial charge in [0, 0.05) is 0 Å². The van der Waals surface area contributed by atoms with Crippen molar-refractivity contribution < 1.29 is 0 Å². The highest BCUT2D eigenvalue weighted by Crippen LogP contribution is 2.36. The summed E-state index contributed by atoms with van der Waals surface area (Å²) in [6.45, 7) is 7.17. The van der Waals surface area contributed by atoms with Gasteiger partial charge in [-0.3, -0.25) is 0 Å². The molecular formula is C21H38. The van der Waals surface area contributed by atoms with Crippen LogP contribution in [0.15, 0.2) is 11.6 Å². The van der Waals surface area contributed by atoms with Gasteiger partial charge in [-0.25, -0.2) is 0 Å². The number of hydrogen-bond acceptors (Lipinski definition) is 0. The average Bonchev–Trinajstić information content (AvgIpc) is 2.50.